The monoisotopic (exact) mass is 415 g/mol. The molecule has 162 valence electrons. The molecule has 5 nitrogen and oxygen atoms in total. The van der Waals surface area contributed by atoms with Crippen molar-refractivity contribution in [1.29, 1.82) is 0 Å². The molecule has 0 amide bonds. The number of nitrogens with zero attached hydrogens (tertiary/aromatic N) is 4. The maximum atomic E-state index is 5.93. The van der Waals surface area contributed by atoms with Gasteiger partial charge in [-0.25, -0.2) is 9.97 Å². The summed E-state index contributed by atoms with van der Waals surface area (Å²) in [6.45, 7) is 13.3. The van der Waals surface area contributed by atoms with Crippen LogP contribution in [-0.2, 0) is 6.54 Å². The Morgan fingerprint density at radius 1 is 0.935 bits per heavy atom. The first kappa shape index (κ1) is 21.3. The maximum absolute atomic E-state index is 5.93. The molecule has 2 N–H and O–H groups in total. The average Bonchev–Trinajstić information content (AvgIpc) is 3.06. The second kappa shape index (κ2) is 8.67. The number of nitrogens with two attached hydrogens (primary N) is 1. The van der Waals surface area contributed by atoms with Crippen molar-refractivity contribution in [3.63, 3.8) is 0 Å². The van der Waals surface area contributed by atoms with Crippen molar-refractivity contribution in [1.82, 2.24) is 14.5 Å². The summed E-state index contributed by atoms with van der Waals surface area (Å²) in [6.07, 6.45) is 2.17. The lowest BCUT2D eigenvalue weighted by atomic mass is 10.0. The van der Waals surface area contributed by atoms with Crippen molar-refractivity contribution < 1.29 is 0 Å². The summed E-state index contributed by atoms with van der Waals surface area (Å²) in [5.74, 6) is 1.85. The Kier molecular flexibility index (Phi) is 5.96. The van der Waals surface area contributed by atoms with Crippen molar-refractivity contribution in [2.24, 2.45) is 5.73 Å². The van der Waals surface area contributed by atoms with Gasteiger partial charge in [0, 0.05) is 25.0 Å². The third kappa shape index (κ3) is 3.68. The lowest BCUT2D eigenvalue weighted by Gasteiger charge is -2.24. The number of aromatic nitrogens is 3. The van der Waals surface area contributed by atoms with Crippen LogP contribution in [0.4, 0.5) is 5.82 Å². The van der Waals surface area contributed by atoms with Crippen LogP contribution < -0.4 is 10.6 Å². The van der Waals surface area contributed by atoms with Gasteiger partial charge in [-0.2, -0.15) is 0 Å². The molecule has 31 heavy (non-hydrogen) atoms. The van der Waals surface area contributed by atoms with E-state index in [1.54, 1.807) is 0 Å². The first-order chi connectivity index (χ1) is 15.0. The van der Waals surface area contributed by atoms with Crippen LogP contribution in [0.1, 0.15) is 49.2 Å². The fourth-order valence-electron chi connectivity index (χ4n) is 4.77. The second-order valence-corrected chi connectivity index (χ2v) is 8.41. The van der Waals surface area contributed by atoms with E-state index in [0.717, 1.165) is 54.2 Å². The van der Waals surface area contributed by atoms with Gasteiger partial charge in [0.25, 0.3) is 0 Å². The highest BCUT2D eigenvalue weighted by molar-refractivity contribution is 6.13. The van der Waals surface area contributed by atoms with Gasteiger partial charge in [0.2, 0.25) is 0 Å². The Labute approximate surface area is 184 Å². The number of benzene rings is 2. The largest absolute Gasteiger partial charge is 0.356 e. The lowest BCUT2D eigenvalue weighted by Crippen LogP contribution is -2.26. The number of anilines is 1. The standard InChI is InChI=1S/C26H33N5/c1-6-12-30(13-7-2)25-23-21-10-8-9-11-22(21)31(26(23)29-19(5)28-25)24-17(3)14-20(16-27)15-18(24)4/h8-11,14-15H,6-7,12-13,16,27H2,1-5H3. The van der Waals surface area contributed by atoms with E-state index in [2.05, 4.69) is 73.6 Å². The normalized spacial score (nSPS) is 11.5. The number of aryl methyl sites for hydroxylation is 3. The molecule has 2 aromatic heterocycles. The molecule has 0 spiro atoms. The van der Waals surface area contributed by atoms with E-state index in [9.17, 15) is 0 Å². The molecule has 0 aliphatic heterocycles. The van der Waals surface area contributed by atoms with Crippen LogP contribution in [0.2, 0.25) is 0 Å². The van der Waals surface area contributed by atoms with E-state index in [-0.39, 0.29) is 0 Å². The van der Waals surface area contributed by atoms with E-state index in [4.69, 9.17) is 15.7 Å². The number of hydrogen-bond donors (Lipinski definition) is 1. The number of fused-ring (bicyclic) bond motifs is 3. The maximum Gasteiger partial charge on any atom is 0.151 e. The Hall–Kier alpha value is -2.92. The van der Waals surface area contributed by atoms with Gasteiger partial charge in [-0.3, -0.25) is 4.57 Å². The molecular weight excluding hydrogens is 382 g/mol. The molecule has 0 aliphatic carbocycles. The van der Waals surface area contributed by atoms with E-state index in [1.165, 1.54) is 27.7 Å². The predicted octanol–water partition coefficient (Wildman–Crippen LogP) is 5.58. The summed E-state index contributed by atoms with van der Waals surface area (Å²) in [7, 11) is 0. The van der Waals surface area contributed by atoms with Gasteiger partial charge in [-0.15, -0.1) is 0 Å². The summed E-state index contributed by atoms with van der Waals surface area (Å²) >= 11 is 0. The minimum absolute atomic E-state index is 0.545. The summed E-state index contributed by atoms with van der Waals surface area (Å²) in [5, 5.41) is 2.34. The van der Waals surface area contributed by atoms with Crippen molar-refractivity contribution in [3.8, 4) is 5.69 Å². The first-order valence-electron chi connectivity index (χ1n) is 11.3. The third-order valence-corrected chi connectivity index (χ3v) is 5.91. The van der Waals surface area contributed by atoms with Crippen LogP contribution in [-0.4, -0.2) is 27.6 Å². The highest BCUT2D eigenvalue weighted by Crippen LogP contribution is 2.38. The minimum atomic E-state index is 0.545. The van der Waals surface area contributed by atoms with Gasteiger partial charge < -0.3 is 10.6 Å². The van der Waals surface area contributed by atoms with Crippen LogP contribution >= 0.6 is 0 Å². The fourth-order valence-corrected chi connectivity index (χ4v) is 4.77. The van der Waals surface area contributed by atoms with E-state index >= 15 is 0 Å². The molecule has 0 aliphatic rings. The van der Waals surface area contributed by atoms with Crippen LogP contribution in [0.15, 0.2) is 36.4 Å². The Morgan fingerprint density at radius 2 is 1.58 bits per heavy atom. The zero-order chi connectivity index (χ0) is 22.1. The van der Waals surface area contributed by atoms with Crippen LogP contribution in [0.5, 0.6) is 0 Å². The molecule has 4 aromatic rings. The van der Waals surface area contributed by atoms with Crippen LogP contribution in [0, 0.1) is 20.8 Å². The summed E-state index contributed by atoms with van der Waals surface area (Å²) in [6, 6.07) is 13.0. The predicted molar refractivity (Wildman–Crippen MR) is 131 cm³/mol. The topological polar surface area (TPSA) is 60.0 Å². The second-order valence-electron chi connectivity index (χ2n) is 8.41. The number of rotatable bonds is 7. The van der Waals surface area contributed by atoms with Crippen molar-refractivity contribution >= 4 is 27.8 Å². The molecule has 0 fully saturated rings. The van der Waals surface area contributed by atoms with Gasteiger partial charge >= 0.3 is 0 Å². The fraction of sp³-hybridized carbons (Fsp3) is 0.385. The smallest absolute Gasteiger partial charge is 0.151 e. The van der Waals surface area contributed by atoms with Gasteiger partial charge in [0.1, 0.15) is 11.6 Å². The van der Waals surface area contributed by atoms with Crippen molar-refractivity contribution in [2.75, 3.05) is 18.0 Å². The first-order valence-corrected chi connectivity index (χ1v) is 11.3. The molecule has 0 unspecified atom stereocenters. The highest BCUT2D eigenvalue weighted by atomic mass is 15.2. The van der Waals surface area contributed by atoms with Crippen LogP contribution in [0.25, 0.3) is 27.6 Å². The van der Waals surface area contributed by atoms with E-state index in [1.807, 2.05) is 6.92 Å². The molecule has 0 saturated carbocycles. The molecule has 0 bridgehead atoms. The van der Waals surface area contributed by atoms with Gasteiger partial charge in [0.05, 0.1) is 16.6 Å². The molecule has 5 heteroatoms. The Bertz CT molecular complexity index is 1210. The lowest BCUT2D eigenvalue weighted by molar-refractivity contribution is 0.734. The van der Waals surface area contributed by atoms with Gasteiger partial charge in [-0.1, -0.05) is 44.2 Å². The third-order valence-electron chi connectivity index (χ3n) is 5.91. The quantitative estimate of drug-likeness (QED) is 0.428. The Morgan fingerprint density at radius 3 is 2.19 bits per heavy atom. The van der Waals surface area contributed by atoms with Gasteiger partial charge in [-0.05, 0) is 56.4 Å². The zero-order valence-electron chi connectivity index (χ0n) is 19.4. The van der Waals surface area contributed by atoms with Crippen molar-refractivity contribution in [2.45, 2.75) is 54.0 Å². The number of hydrogen-bond acceptors (Lipinski definition) is 4. The summed E-state index contributed by atoms with van der Waals surface area (Å²) < 4.78 is 2.32. The Balaban J connectivity index is 2.13. The molecule has 0 atom stereocenters. The molecule has 0 radical (unpaired) electrons. The van der Waals surface area contributed by atoms with Gasteiger partial charge in [0.15, 0.2) is 5.65 Å². The van der Waals surface area contributed by atoms with Crippen LogP contribution in [0.3, 0.4) is 0 Å². The molecule has 0 saturated heterocycles. The zero-order valence-corrected chi connectivity index (χ0v) is 19.4. The minimum Gasteiger partial charge on any atom is -0.356 e. The van der Waals surface area contributed by atoms with E-state index < -0.39 is 0 Å². The molecule has 2 heterocycles. The SMILES string of the molecule is CCCN(CCC)c1nc(C)nc2c1c1ccccc1n2-c1c(C)cc(CN)cc1C. The average molecular weight is 416 g/mol. The highest BCUT2D eigenvalue weighted by Gasteiger charge is 2.22. The molecule has 2 aromatic carbocycles. The molecular formula is C26H33N5. The van der Waals surface area contributed by atoms with Crippen molar-refractivity contribution in [3.05, 3.63) is 58.9 Å². The summed E-state index contributed by atoms with van der Waals surface area (Å²) in [4.78, 5) is 12.4. The molecule has 4 rings (SSSR count). The number of para-hydroxylation sites is 1. The summed E-state index contributed by atoms with van der Waals surface area (Å²) in [5.41, 5.74) is 12.8. The van der Waals surface area contributed by atoms with E-state index in [0.29, 0.717) is 6.54 Å².